The van der Waals surface area contributed by atoms with Crippen molar-refractivity contribution >= 4 is 49.8 Å². The van der Waals surface area contributed by atoms with Crippen LogP contribution in [0, 0.1) is 0 Å². The molecule has 0 bridgehead atoms. The van der Waals surface area contributed by atoms with Gasteiger partial charge in [-0.1, -0.05) is 127 Å². The van der Waals surface area contributed by atoms with Gasteiger partial charge in [-0.25, -0.2) is 0 Å². The van der Waals surface area contributed by atoms with Crippen LogP contribution in [0.4, 0.5) is 17.1 Å². The third-order valence-electron chi connectivity index (χ3n) is 9.69. The fourth-order valence-electron chi connectivity index (χ4n) is 7.39. The topological polar surface area (TPSA) is 25.6 Å². The molecule has 0 spiro atoms. The first-order valence-corrected chi connectivity index (χ1v) is 16.6. The van der Waals surface area contributed by atoms with Crippen molar-refractivity contribution in [3.63, 3.8) is 0 Å². The Morgan fingerprint density at radius 3 is 1.82 bits per heavy atom. The monoisotopic (exact) mass is 627 g/mol. The van der Waals surface area contributed by atoms with E-state index in [2.05, 4.69) is 157 Å². The molecule has 3 heteroatoms. The number of benzene rings is 8. The Bertz CT molecular complexity index is 2670. The number of fused-ring (bicyclic) bond motifs is 5. The van der Waals surface area contributed by atoms with E-state index in [0.29, 0.717) is 0 Å². The summed E-state index contributed by atoms with van der Waals surface area (Å²) in [5.41, 5.74) is 11.9. The third-order valence-corrected chi connectivity index (χ3v) is 9.69. The smallest absolute Gasteiger partial charge is 0.159 e. The summed E-state index contributed by atoms with van der Waals surface area (Å²) < 4.78 is 12.9. The first-order valence-electron chi connectivity index (χ1n) is 16.6. The van der Waals surface area contributed by atoms with Gasteiger partial charge in [0, 0.05) is 33.1 Å². The first kappa shape index (κ1) is 27.5. The van der Waals surface area contributed by atoms with E-state index in [1.165, 1.54) is 27.6 Å². The van der Waals surface area contributed by atoms with Crippen LogP contribution in [0.15, 0.2) is 180 Å². The van der Waals surface area contributed by atoms with E-state index >= 15 is 0 Å². The SMILES string of the molecule is c1ccc(-c2ccc(N(c3ccc(-c4ccc5c6c(cccc46)Oc4ccccc4-5)cc3)c3cccc4c3oc3ccccc34)cc2)cc1. The maximum atomic E-state index is 6.55. The number of furan rings is 1. The average Bonchev–Trinajstić information content (AvgIpc) is 3.56. The highest BCUT2D eigenvalue weighted by molar-refractivity contribution is 6.11. The molecule has 1 aliphatic rings. The fourth-order valence-corrected chi connectivity index (χ4v) is 7.39. The van der Waals surface area contributed by atoms with Gasteiger partial charge in [-0.05, 0) is 81.7 Å². The molecule has 49 heavy (non-hydrogen) atoms. The summed E-state index contributed by atoms with van der Waals surface area (Å²) in [6, 6.07) is 61.9. The van der Waals surface area contributed by atoms with Crippen molar-refractivity contribution in [2.75, 3.05) is 4.90 Å². The Hall–Kier alpha value is -6.58. The standard InChI is InChI=1S/C46H29NO2/c1-2-10-30(11-3-1)31-20-24-33(25-21-31)47(41-16-8-15-40-37-13-5-7-18-43(37)49-46(40)41)34-26-22-32(23-27-34)35-28-29-39-36-12-4-6-17-42(36)48-44-19-9-14-38(35)45(39)44/h1-29H. The van der Waals surface area contributed by atoms with Crippen LogP contribution in [0.5, 0.6) is 11.5 Å². The molecule has 2 heterocycles. The lowest BCUT2D eigenvalue weighted by Gasteiger charge is -2.26. The van der Waals surface area contributed by atoms with Gasteiger partial charge in [0.15, 0.2) is 5.58 Å². The van der Waals surface area contributed by atoms with Crippen molar-refractivity contribution < 1.29 is 9.15 Å². The lowest BCUT2D eigenvalue weighted by molar-refractivity contribution is 0.487. The van der Waals surface area contributed by atoms with E-state index < -0.39 is 0 Å². The maximum absolute atomic E-state index is 6.55. The molecule has 0 amide bonds. The van der Waals surface area contributed by atoms with Crippen molar-refractivity contribution in [2.24, 2.45) is 0 Å². The lowest BCUT2D eigenvalue weighted by Crippen LogP contribution is -2.10. The van der Waals surface area contributed by atoms with E-state index in [1.54, 1.807) is 0 Å². The van der Waals surface area contributed by atoms with Gasteiger partial charge >= 0.3 is 0 Å². The molecular weight excluding hydrogens is 599 g/mol. The lowest BCUT2D eigenvalue weighted by atomic mass is 9.90. The number of hydrogen-bond acceptors (Lipinski definition) is 3. The van der Waals surface area contributed by atoms with Gasteiger partial charge in [0.25, 0.3) is 0 Å². The second kappa shape index (κ2) is 11.0. The highest BCUT2D eigenvalue weighted by Gasteiger charge is 2.22. The van der Waals surface area contributed by atoms with Crippen LogP contribution in [-0.4, -0.2) is 0 Å². The molecular formula is C46H29NO2. The maximum Gasteiger partial charge on any atom is 0.159 e. The normalized spacial score (nSPS) is 11.8. The molecule has 230 valence electrons. The van der Waals surface area contributed by atoms with E-state index in [9.17, 15) is 0 Å². The van der Waals surface area contributed by atoms with Gasteiger partial charge in [0.2, 0.25) is 0 Å². The van der Waals surface area contributed by atoms with Crippen LogP contribution in [0.1, 0.15) is 0 Å². The second-order valence-electron chi connectivity index (χ2n) is 12.5. The second-order valence-corrected chi connectivity index (χ2v) is 12.5. The van der Waals surface area contributed by atoms with Crippen LogP contribution >= 0.6 is 0 Å². The summed E-state index contributed by atoms with van der Waals surface area (Å²) >= 11 is 0. The summed E-state index contributed by atoms with van der Waals surface area (Å²) in [5, 5.41) is 4.55. The number of rotatable bonds is 5. The molecule has 0 aliphatic carbocycles. The minimum atomic E-state index is 0.865. The molecule has 1 aliphatic heterocycles. The molecule has 10 rings (SSSR count). The molecule has 3 nitrogen and oxygen atoms in total. The van der Waals surface area contributed by atoms with Crippen molar-refractivity contribution in [3.05, 3.63) is 176 Å². The van der Waals surface area contributed by atoms with E-state index in [1.807, 2.05) is 24.3 Å². The Morgan fingerprint density at radius 2 is 0.980 bits per heavy atom. The van der Waals surface area contributed by atoms with Gasteiger partial charge < -0.3 is 14.1 Å². The summed E-state index contributed by atoms with van der Waals surface area (Å²) in [6.07, 6.45) is 0. The molecule has 0 unspecified atom stereocenters. The van der Waals surface area contributed by atoms with Gasteiger partial charge in [0.1, 0.15) is 17.1 Å². The van der Waals surface area contributed by atoms with E-state index in [4.69, 9.17) is 9.15 Å². The zero-order valence-corrected chi connectivity index (χ0v) is 26.5. The van der Waals surface area contributed by atoms with Gasteiger partial charge in [-0.3, -0.25) is 0 Å². The van der Waals surface area contributed by atoms with Crippen LogP contribution < -0.4 is 9.64 Å². The van der Waals surface area contributed by atoms with E-state index in [0.717, 1.165) is 67.0 Å². The van der Waals surface area contributed by atoms with Gasteiger partial charge in [-0.15, -0.1) is 0 Å². The zero-order valence-electron chi connectivity index (χ0n) is 26.5. The van der Waals surface area contributed by atoms with Crippen molar-refractivity contribution in [3.8, 4) is 44.9 Å². The van der Waals surface area contributed by atoms with Crippen LogP contribution in [-0.2, 0) is 0 Å². The molecule has 0 fully saturated rings. The first-order chi connectivity index (χ1) is 24.3. The third kappa shape index (κ3) is 4.44. The number of nitrogens with zero attached hydrogens (tertiary/aromatic N) is 1. The molecule has 1 aromatic heterocycles. The number of ether oxygens (including phenoxy) is 1. The van der Waals surface area contributed by atoms with Crippen molar-refractivity contribution in [1.82, 2.24) is 0 Å². The quantitative estimate of drug-likeness (QED) is 0.190. The Morgan fingerprint density at radius 1 is 0.367 bits per heavy atom. The highest BCUT2D eigenvalue weighted by Crippen LogP contribution is 2.49. The Kier molecular flexibility index (Phi) is 6.18. The van der Waals surface area contributed by atoms with Crippen molar-refractivity contribution in [1.29, 1.82) is 0 Å². The van der Waals surface area contributed by atoms with Crippen LogP contribution in [0.25, 0.3) is 66.1 Å². The van der Waals surface area contributed by atoms with Crippen LogP contribution in [0.3, 0.4) is 0 Å². The predicted molar refractivity (Wildman–Crippen MR) is 202 cm³/mol. The summed E-state index contributed by atoms with van der Waals surface area (Å²) in [6.45, 7) is 0. The largest absolute Gasteiger partial charge is 0.456 e. The van der Waals surface area contributed by atoms with E-state index in [-0.39, 0.29) is 0 Å². The molecule has 0 N–H and O–H groups in total. The summed E-state index contributed by atoms with van der Waals surface area (Å²) in [7, 11) is 0. The Labute approximate surface area is 283 Å². The molecule has 0 atom stereocenters. The molecule has 8 aromatic carbocycles. The molecule has 0 saturated carbocycles. The zero-order chi connectivity index (χ0) is 32.3. The highest BCUT2D eigenvalue weighted by atomic mass is 16.5. The number of hydrogen-bond donors (Lipinski definition) is 0. The van der Waals surface area contributed by atoms with Crippen molar-refractivity contribution in [2.45, 2.75) is 0 Å². The molecule has 0 saturated heterocycles. The molecule has 0 radical (unpaired) electrons. The van der Waals surface area contributed by atoms with Gasteiger partial charge in [0.05, 0.1) is 5.69 Å². The fraction of sp³-hybridized carbons (Fsp3) is 0. The number of para-hydroxylation sites is 3. The summed E-state index contributed by atoms with van der Waals surface area (Å²) in [5.74, 6) is 1.80. The average molecular weight is 628 g/mol. The predicted octanol–water partition coefficient (Wildman–Crippen LogP) is 13.3. The van der Waals surface area contributed by atoms with Crippen LogP contribution in [0.2, 0.25) is 0 Å². The Balaban J connectivity index is 1.11. The molecule has 9 aromatic rings. The minimum Gasteiger partial charge on any atom is -0.456 e. The summed E-state index contributed by atoms with van der Waals surface area (Å²) in [4.78, 5) is 2.30. The minimum absolute atomic E-state index is 0.865. The van der Waals surface area contributed by atoms with Gasteiger partial charge in [-0.2, -0.15) is 0 Å². The number of anilines is 3.